The van der Waals surface area contributed by atoms with Crippen molar-refractivity contribution in [3.8, 4) is 0 Å². The van der Waals surface area contributed by atoms with E-state index >= 15 is 0 Å². The molecule has 1 unspecified atom stereocenters. The average molecular weight is 256 g/mol. The summed E-state index contributed by atoms with van der Waals surface area (Å²) in [7, 11) is 0. The Morgan fingerprint density at radius 2 is 2.24 bits per heavy atom. The Balaban J connectivity index is 2.31. The van der Waals surface area contributed by atoms with Gasteiger partial charge in [0.2, 0.25) is 0 Å². The molecule has 0 radical (unpaired) electrons. The molecule has 0 aliphatic heterocycles. The molecule has 1 aromatic rings. The van der Waals surface area contributed by atoms with Crippen LogP contribution in [0, 0.1) is 15.5 Å². The lowest BCUT2D eigenvalue weighted by molar-refractivity contribution is -0.385. The zero-order chi connectivity index (χ0) is 12.6. The van der Waals surface area contributed by atoms with Crippen molar-refractivity contribution in [2.75, 3.05) is 0 Å². The number of nitro groups is 1. The van der Waals surface area contributed by atoms with Gasteiger partial charge in [0.1, 0.15) is 0 Å². The van der Waals surface area contributed by atoms with Crippen molar-refractivity contribution in [3.63, 3.8) is 0 Å². The summed E-state index contributed by atoms with van der Waals surface area (Å²) < 4.78 is 0. The first-order chi connectivity index (χ1) is 7.94. The quantitative estimate of drug-likeness (QED) is 0.665. The van der Waals surface area contributed by atoms with Crippen LogP contribution in [0.4, 0.5) is 5.69 Å². The fourth-order valence-electron chi connectivity index (χ4n) is 2.16. The van der Waals surface area contributed by atoms with Crippen LogP contribution in [0.2, 0.25) is 5.02 Å². The van der Waals surface area contributed by atoms with Crippen molar-refractivity contribution in [2.24, 2.45) is 5.41 Å². The third-order valence-electron chi connectivity index (χ3n) is 3.56. The Labute approximate surface area is 104 Å². The van der Waals surface area contributed by atoms with Crippen LogP contribution >= 0.6 is 11.6 Å². The number of halogens is 1. The molecule has 1 saturated carbocycles. The maximum Gasteiger partial charge on any atom is 0.272 e. The van der Waals surface area contributed by atoms with Gasteiger partial charge in [0.25, 0.3) is 5.69 Å². The molecule has 0 bridgehead atoms. The third kappa shape index (κ3) is 2.42. The molecule has 0 amide bonds. The molecule has 0 saturated heterocycles. The van der Waals surface area contributed by atoms with Crippen molar-refractivity contribution in [2.45, 2.75) is 32.3 Å². The van der Waals surface area contributed by atoms with Crippen LogP contribution in [0.15, 0.2) is 18.2 Å². The third-order valence-corrected chi connectivity index (χ3v) is 3.79. The van der Waals surface area contributed by atoms with Crippen LogP contribution < -0.4 is 0 Å². The first-order valence-electron chi connectivity index (χ1n) is 5.55. The molecule has 1 N–H and O–H groups in total. The summed E-state index contributed by atoms with van der Waals surface area (Å²) in [5, 5.41) is 21.1. The number of aliphatic hydroxyl groups is 1. The lowest BCUT2D eigenvalue weighted by atomic mass is 9.91. The summed E-state index contributed by atoms with van der Waals surface area (Å²) in [6, 6.07) is 4.57. The smallest absolute Gasteiger partial charge is 0.272 e. The van der Waals surface area contributed by atoms with Gasteiger partial charge in [0.15, 0.2) is 0 Å². The van der Waals surface area contributed by atoms with E-state index in [-0.39, 0.29) is 11.1 Å². The summed E-state index contributed by atoms with van der Waals surface area (Å²) in [6.45, 7) is 1.74. The van der Waals surface area contributed by atoms with Gasteiger partial charge < -0.3 is 5.11 Å². The van der Waals surface area contributed by atoms with E-state index in [4.69, 9.17) is 11.6 Å². The molecule has 1 aliphatic carbocycles. The van der Waals surface area contributed by atoms with Gasteiger partial charge in [-0.25, -0.2) is 0 Å². The van der Waals surface area contributed by atoms with E-state index in [9.17, 15) is 15.2 Å². The van der Waals surface area contributed by atoms with Crippen LogP contribution in [0.1, 0.15) is 25.3 Å². The monoisotopic (exact) mass is 255 g/mol. The highest BCUT2D eigenvalue weighted by molar-refractivity contribution is 6.30. The zero-order valence-corrected chi connectivity index (χ0v) is 10.3. The molecule has 4 nitrogen and oxygen atoms in total. The number of benzene rings is 1. The van der Waals surface area contributed by atoms with E-state index in [2.05, 4.69) is 0 Å². The molecule has 1 aromatic carbocycles. The van der Waals surface area contributed by atoms with E-state index in [1.165, 1.54) is 12.1 Å². The maximum absolute atomic E-state index is 10.9. The first kappa shape index (κ1) is 12.3. The van der Waals surface area contributed by atoms with E-state index in [0.717, 1.165) is 12.8 Å². The van der Waals surface area contributed by atoms with Crippen molar-refractivity contribution in [3.05, 3.63) is 38.9 Å². The SMILES string of the molecule is CC(O)C1(Cc2cc(Cl)ccc2[N+](=O)[O-])CC1. The Morgan fingerprint density at radius 1 is 1.59 bits per heavy atom. The average Bonchev–Trinajstić information content (AvgIpc) is 2.98. The van der Waals surface area contributed by atoms with E-state index in [1.54, 1.807) is 13.0 Å². The summed E-state index contributed by atoms with van der Waals surface area (Å²) in [5.41, 5.74) is 0.511. The van der Waals surface area contributed by atoms with E-state index in [0.29, 0.717) is 17.0 Å². The normalized spacial score (nSPS) is 18.8. The van der Waals surface area contributed by atoms with Crippen molar-refractivity contribution in [1.29, 1.82) is 0 Å². The van der Waals surface area contributed by atoms with Gasteiger partial charge in [-0.2, -0.15) is 0 Å². The molecule has 0 spiro atoms. The molecule has 2 rings (SSSR count). The molecule has 1 atom stereocenters. The van der Waals surface area contributed by atoms with Gasteiger partial charge in [0, 0.05) is 22.1 Å². The highest BCUT2D eigenvalue weighted by Gasteiger charge is 2.47. The van der Waals surface area contributed by atoms with E-state index < -0.39 is 11.0 Å². The van der Waals surface area contributed by atoms with Crippen LogP contribution in [0.5, 0.6) is 0 Å². The number of hydrogen-bond donors (Lipinski definition) is 1. The van der Waals surface area contributed by atoms with Gasteiger partial charge in [0.05, 0.1) is 11.0 Å². The minimum Gasteiger partial charge on any atom is -0.393 e. The number of nitrogens with zero attached hydrogens (tertiary/aromatic N) is 1. The van der Waals surface area contributed by atoms with Gasteiger partial charge in [-0.05, 0) is 38.3 Å². The second-order valence-corrected chi connectivity index (χ2v) is 5.18. The Bertz CT molecular complexity index is 455. The van der Waals surface area contributed by atoms with E-state index in [1.807, 2.05) is 0 Å². The molecular formula is C12H14ClNO3. The fourth-order valence-corrected chi connectivity index (χ4v) is 2.35. The molecular weight excluding hydrogens is 242 g/mol. The first-order valence-corrected chi connectivity index (χ1v) is 5.93. The minimum absolute atomic E-state index is 0.0846. The summed E-state index contributed by atoms with van der Waals surface area (Å²) >= 11 is 5.87. The predicted octanol–water partition coefficient (Wildman–Crippen LogP) is 2.95. The predicted molar refractivity (Wildman–Crippen MR) is 65.2 cm³/mol. The van der Waals surface area contributed by atoms with Crippen LogP contribution in [-0.2, 0) is 6.42 Å². The highest BCUT2D eigenvalue weighted by Crippen LogP contribution is 2.52. The molecule has 1 fully saturated rings. The summed E-state index contributed by atoms with van der Waals surface area (Å²) in [6.07, 6.45) is 1.89. The number of rotatable bonds is 4. The molecule has 5 heteroatoms. The minimum atomic E-state index is -0.443. The number of hydrogen-bond acceptors (Lipinski definition) is 3. The molecule has 17 heavy (non-hydrogen) atoms. The lowest BCUT2D eigenvalue weighted by Crippen LogP contribution is -2.21. The standard InChI is InChI=1S/C12H14ClNO3/c1-8(15)12(4-5-12)7-9-6-10(13)2-3-11(9)14(16)17/h2-3,6,8,15H,4-5,7H2,1H3. The zero-order valence-electron chi connectivity index (χ0n) is 9.52. The second kappa shape index (κ2) is 4.27. The molecule has 0 heterocycles. The van der Waals surface area contributed by atoms with Crippen LogP contribution in [-0.4, -0.2) is 16.1 Å². The van der Waals surface area contributed by atoms with Crippen LogP contribution in [0.25, 0.3) is 0 Å². The summed E-state index contributed by atoms with van der Waals surface area (Å²) in [4.78, 5) is 10.5. The van der Waals surface area contributed by atoms with Gasteiger partial charge in [-0.15, -0.1) is 0 Å². The van der Waals surface area contributed by atoms with Crippen molar-refractivity contribution >= 4 is 17.3 Å². The van der Waals surface area contributed by atoms with Crippen molar-refractivity contribution in [1.82, 2.24) is 0 Å². The Hall–Kier alpha value is -1.13. The maximum atomic E-state index is 10.9. The Kier molecular flexibility index (Phi) is 3.10. The van der Waals surface area contributed by atoms with Gasteiger partial charge in [-0.1, -0.05) is 11.6 Å². The second-order valence-electron chi connectivity index (χ2n) is 4.75. The fraction of sp³-hybridized carbons (Fsp3) is 0.500. The molecule has 92 valence electrons. The van der Waals surface area contributed by atoms with Gasteiger partial charge in [-0.3, -0.25) is 10.1 Å². The molecule has 1 aliphatic rings. The van der Waals surface area contributed by atoms with Crippen LogP contribution in [0.3, 0.4) is 0 Å². The summed E-state index contributed by atoms with van der Waals surface area (Å²) in [5.74, 6) is 0. The van der Waals surface area contributed by atoms with Crippen molar-refractivity contribution < 1.29 is 10.0 Å². The highest BCUT2D eigenvalue weighted by atomic mass is 35.5. The lowest BCUT2D eigenvalue weighted by Gasteiger charge is -2.18. The number of nitro benzene ring substituents is 1. The topological polar surface area (TPSA) is 63.4 Å². The Morgan fingerprint density at radius 3 is 2.71 bits per heavy atom. The number of aliphatic hydroxyl groups excluding tert-OH is 1. The largest absolute Gasteiger partial charge is 0.393 e. The van der Waals surface area contributed by atoms with Gasteiger partial charge >= 0.3 is 0 Å². The molecule has 0 aromatic heterocycles.